The maximum atomic E-state index is 11.8. The molecule has 0 aliphatic carbocycles. The maximum Gasteiger partial charge on any atom is 0.271 e. The molecule has 0 atom stereocenters. The van der Waals surface area contributed by atoms with Gasteiger partial charge in [-0.05, 0) is 24.6 Å². The van der Waals surface area contributed by atoms with E-state index < -0.39 is 4.92 Å². The van der Waals surface area contributed by atoms with Gasteiger partial charge in [0.1, 0.15) is 5.75 Å². The second-order valence-corrected chi connectivity index (χ2v) is 4.93. The number of amides is 1. The number of nitrogens with one attached hydrogen (secondary N) is 1. The number of carbonyl (C=O) groups excluding carboxylic acids is 1. The second kappa shape index (κ2) is 6.91. The molecule has 6 nitrogen and oxygen atoms in total. The molecule has 0 heterocycles. The third kappa shape index (κ3) is 3.95. The van der Waals surface area contributed by atoms with Crippen molar-refractivity contribution in [2.24, 2.45) is 0 Å². The number of hydrogen-bond acceptors (Lipinski definition) is 4. The van der Waals surface area contributed by atoms with E-state index in [0.29, 0.717) is 5.69 Å². The highest BCUT2D eigenvalue weighted by Gasteiger charge is 2.12. The number of benzene rings is 2. The van der Waals surface area contributed by atoms with Gasteiger partial charge in [-0.1, -0.05) is 29.8 Å². The van der Waals surface area contributed by atoms with Crippen LogP contribution in [0.25, 0.3) is 0 Å². The van der Waals surface area contributed by atoms with Crippen LogP contribution in [0, 0.1) is 17.0 Å². The first-order valence-corrected chi connectivity index (χ1v) is 6.77. The second-order valence-electron chi connectivity index (χ2n) is 4.52. The van der Waals surface area contributed by atoms with Crippen LogP contribution in [0.1, 0.15) is 5.56 Å². The largest absolute Gasteiger partial charge is 0.482 e. The molecule has 1 N–H and O–H groups in total. The summed E-state index contributed by atoms with van der Waals surface area (Å²) in [7, 11) is 0. The molecule has 0 unspecified atom stereocenters. The Labute approximate surface area is 131 Å². The molecule has 0 spiro atoms. The van der Waals surface area contributed by atoms with Gasteiger partial charge in [0.25, 0.3) is 11.6 Å². The molecule has 114 valence electrons. The molecule has 2 rings (SSSR count). The van der Waals surface area contributed by atoms with Crippen molar-refractivity contribution < 1.29 is 14.5 Å². The highest BCUT2D eigenvalue weighted by molar-refractivity contribution is 6.32. The predicted molar refractivity (Wildman–Crippen MR) is 83.4 cm³/mol. The molecular formula is C15H13ClN2O4. The summed E-state index contributed by atoms with van der Waals surface area (Å²) in [6, 6.07) is 11.2. The Kier molecular flexibility index (Phi) is 4.95. The smallest absolute Gasteiger partial charge is 0.271 e. The van der Waals surface area contributed by atoms with Crippen molar-refractivity contribution >= 4 is 28.9 Å². The quantitative estimate of drug-likeness (QED) is 0.674. The van der Waals surface area contributed by atoms with Crippen LogP contribution >= 0.6 is 11.6 Å². The van der Waals surface area contributed by atoms with Crippen molar-refractivity contribution in [1.82, 2.24) is 0 Å². The molecular weight excluding hydrogens is 308 g/mol. The summed E-state index contributed by atoms with van der Waals surface area (Å²) in [5, 5.41) is 13.4. The van der Waals surface area contributed by atoms with E-state index in [1.165, 1.54) is 18.2 Å². The van der Waals surface area contributed by atoms with Crippen LogP contribution in [0.5, 0.6) is 5.75 Å². The highest BCUT2D eigenvalue weighted by Crippen LogP contribution is 2.28. The van der Waals surface area contributed by atoms with Gasteiger partial charge in [-0.25, -0.2) is 0 Å². The lowest BCUT2D eigenvalue weighted by Gasteiger charge is -2.10. The van der Waals surface area contributed by atoms with Crippen molar-refractivity contribution in [2.75, 3.05) is 11.9 Å². The molecule has 2 aromatic carbocycles. The van der Waals surface area contributed by atoms with Crippen LogP contribution in [0.15, 0.2) is 42.5 Å². The zero-order valence-corrected chi connectivity index (χ0v) is 12.5. The first-order chi connectivity index (χ1) is 10.5. The molecule has 0 bridgehead atoms. The van der Waals surface area contributed by atoms with Gasteiger partial charge in [-0.2, -0.15) is 0 Å². The first kappa shape index (κ1) is 15.8. The minimum absolute atomic E-state index is 0.0814. The van der Waals surface area contributed by atoms with Gasteiger partial charge in [0.15, 0.2) is 6.61 Å². The van der Waals surface area contributed by atoms with Crippen molar-refractivity contribution in [3.8, 4) is 5.75 Å². The minimum atomic E-state index is -0.555. The van der Waals surface area contributed by atoms with Gasteiger partial charge >= 0.3 is 0 Å². The van der Waals surface area contributed by atoms with E-state index in [-0.39, 0.29) is 29.0 Å². The molecule has 0 aliphatic heterocycles. The topological polar surface area (TPSA) is 81.5 Å². The lowest BCUT2D eigenvalue weighted by Crippen LogP contribution is -2.20. The number of non-ortho nitro benzene ring substituents is 1. The predicted octanol–water partition coefficient (Wildman–Crippen LogP) is 3.57. The number of nitro benzene ring substituents is 1. The Morgan fingerprint density at radius 1 is 1.32 bits per heavy atom. The summed E-state index contributed by atoms with van der Waals surface area (Å²) in [6.45, 7) is 1.63. The molecule has 0 saturated heterocycles. The van der Waals surface area contributed by atoms with Crippen LogP contribution in [-0.2, 0) is 4.79 Å². The molecule has 0 aliphatic rings. The van der Waals surface area contributed by atoms with E-state index in [1.54, 1.807) is 6.07 Å². The van der Waals surface area contributed by atoms with Crippen LogP contribution in [-0.4, -0.2) is 17.4 Å². The summed E-state index contributed by atoms with van der Waals surface area (Å²) in [5.41, 5.74) is 1.50. The van der Waals surface area contributed by atoms with E-state index in [0.717, 1.165) is 5.56 Å². The minimum Gasteiger partial charge on any atom is -0.482 e. The number of nitrogens with zero attached hydrogens (tertiary/aromatic N) is 1. The van der Waals surface area contributed by atoms with Crippen LogP contribution in [0.4, 0.5) is 11.4 Å². The molecule has 0 saturated carbocycles. The van der Waals surface area contributed by atoms with E-state index in [2.05, 4.69) is 5.32 Å². The Hall–Kier alpha value is -2.60. The van der Waals surface area contributed by atoms with Gasteiger partial charge in [0, 0.05) is 17.8 Å². The molecule has 22 heavy (non-hydrogen) atoms. The van der Waals surface area contributed by atoms with E-state index in [9.17, 15) is 14.9 Å². The van der Waals surface area contributed by atoms with Gasteiger partial charge in [-0.3, -0.25) is 14.9 Å². The molecule has 0 aromatic heterocycles. The number of ether oxygens (including phenoxy) is 1. The zero-order valence-electron chi connectivity index (χ0n) is 11.7. The Balaban J connectivity index is 1.97. The van der Waals surface area contributed by atoms with Crippen molar-refractivity contribution in [1.29, 1.82) is 0 Å². The monoisotopic (exact) mass is 320 g/mol. The number of rotatable bonds is 5. The van der Waals surface area contributed by atoms with Gasteiger partial charge in [0.05, 0.1) is 9.95 Å². The lowest BCUT2D eigenvalue weighted by atomic mass is 10.2. The summed E-state index contributed by atoms with van der Waals surface area (Å²) >= 11 is 5.88. The molecule has 7 heteroatoms. The Bertz CT molecular complexity index is 718. The summed E-state index contributed by atoms with van der Waals surface area (Å²) in [6.07, 6.45) is 0. The number of aryl methyl sites for hydroxylation is 1. The van der Waals surface area contributed by atoms with Crippen molar-refractivity contribution in [3.63, 3.8) is 0 Å². The fraction of sp³-hybridized carbons (Fsp3) is 0.133. The van der Waals surface area contributed by atoms with Crippen LogP contribution in [0.3, 0.4) is 0 Å². The number of anilines is 1. The van der Waals surface area contributed by atoms with E-state index in [4.69, 9.17) is 16.3 Å². The summed E-state index contributed by atoms with van der Waals surface area (Å²) < 4.78 is 5.28. The number of hydrogen-bond donors (Lipinski definition) is 1. The lowest BCUT2D eigenvalue weighted by molar-refractivity contribution is -0.384. The highest BCUT2D eigenvalue weighted by atomic mass is 35.5. The van der Waals surface area contributed by atoms with Crippen molar-refractivity contribution in [3.05, 3.63) is 63.2 Å². The maximum absolute atomic E-state index is 11.8. The average molecular weight is 321 g/mol. The van der Waals surface area contributed by atoms with Gasteiger partial charge < -0.3 is 10.1 Å². The number of nitro groups is 1. The average Bonchev–Trinajstić information content (AvgIpc) is 2.48. The summed E-state index contributed by atoms with van der Waals surface area (Å²) in [4.78, 5) is 21.9. The fourth-order valence-corrected chi connectivity index (χ4v) is 1.99. The molecule has 0 fully saturated rings. The third-order valence-corrected chi connectivity index (χ3v) is 3.20. The van der Waals surface area contributed by atoms with E-state index >= 15 is 0 Å². The normalized spacial score (nSPS) is 10.1. The molecule has 0 radical (unpaired) electrons. The molecule has 2 aromatic rings. The Morgan fingerprint density at radius 2 is 2.05 bits per heavy atom. The van der Waals surface area contributed by atoms with Gasteiger partial charge in [0.2, 0.25) is 0 Å². The number of para-hydroxylation sites is 1. The van der Waals surface area contributed by atoms with E-state index in [1.807, 2.05) is 25.1 Å². The first-order valence-electron chi connectivity index (χ1n) is 6.39. The molecule has 1 amide bonds. The third-order valence-electron chi connectivity index (χ3n) is 2.90. The van der Waals surface area contributed by atoms with Crippen molar-refractivity contribution in [2.45, 2.75) is 6.92 Å². The summed E-state index contributed by atoms with van der Waals surface area (Å²) in [5.74, 6) is -0.129. The SMILES string of the molecule is Cc1ccccc1NC(=O)COc1ccc([N+](=O)[O-])cc1Cl. The number of carbonyl (C=O) groups is 1. The van der Waals surface area contributed by atoms with Crippen LogP contribution < -0.4 is 10.1 Å². The Morgan fingerprint density at radius 3 is 2.68 bits per heavy atom. The van der Waals surface area contributed by atoms with Gasteiger partial charge in [-0.15, -0.1) is 0 Å². The zero-order chi connectivity index (χ0) is 16.1. The standard InChI is InChI=1S/C15H13ClN2O4/c1-10-4-2-3-5-13(10)17-15(19)9-22-14-7-6-11(18(20)21)8-12(14)16/h2-8H,9H2,1H3,(H,17,19). The van der Waals surface area contributed by atoms with Crippen LogP contribution in [0.2, 0.25) is 5.02 Å². The fourth-order valence-electron chi connectivity index (χ4n) is 1.76. The number of halogens is 1.